The molecule has 1 heterocycles. The highest BCUT2D eigenvalue weighted by atomic mass is 15.1. The lowest BCUT2D eigenvalue weighted by Crippen LogP contribution is -2.08. The molecular weight excluding hydrogens is 248 g/mol. The first kappa shape index (κ1) is 14.4. The van der Waals surface area contributed by atoms with Crippen molar-refractivity contribution < 1.29 is 0 Å². The Kier molecular flexibility index (Phi) is 4.32. The molecule has 108 valence electrons. The number of anilines is 2. The molecule has 0 aliphatic carbocycles. The molecule has 4 nitrogen and oxygen atoms in total. The van der Waals surface area contributed by atoms with E-state index in [9.17, 15) is 0 Å². The zero-order valence-corrected chi connectivity index (χ0v) is 12.8. The van der Waals surface area contributed by atoms with Crippen molar-refractivity contribution in [3.05, 3.63) is 30.1 Å². The Balaban J connectivity index is 2.33. The molecule has 4 heteroatoms. The van der Waals surface area contributed by atoms with Crippen LogP contribution in [0.5, 0.6) is 0 Å². The zero-order chi connectivity index (χ0) is 14.7. The molecule has 0 aliphatic rings. The number of hydrogen-bond donors (Lipinski definition) is 1. The van der Waals surface area contributed by atoms with Crippen LogP contribution in [0.2, 0.25) is 0 Å². The normalized spacial score (nSPS) is 10.8. The van der Waals surface area contributed by atoms with Crippen molar-refractivity contribution in [2.75, 3.05) is 24.7 Å². The fourth-order valence-corrected chi connectivity index (χ4v) is 2.31. The van der Waals surface area contributed by atoms with Gasteiger partial charge in [-0.05, 0) is 25.5 Å². The fraction of sp³-hybridized carbons (Fsp3) is 0.438. The predicted molar refractivity (Wildman–Crippen MR) is 86.0 cm³/mol. The molecular formula is C16H24N4. The summed E-state index contributed by atoms with van der Waals surface area (Å²) in [5.74, 6) is 1.76. The molecule has 1 aromatic heterocycles. The topological polar surface area (TPSA) is 47.1 Å². The first-order valence-corrected chi connectivity index (χ1v) is 7.15. The Labute approximate surface area is 121 Å². The quantitative estimate of drug-likeness (QED) is 0.908. The summed E-state index contributed by atoms with van der Waals surface area (Å²) < 4.78 is 2.11. The van der Waals surface area contributed by atoms with Gasteiger partial charge >= 0.3 is 0 Å². The number of nitrogens with two attached hydrogens (primary N) is 1. The van der Waals surface area contributed by atoms with E-state index in [4.69, 9.17) is 5.73 Å². The SMILES string of the molecule is CCCCn1c(C)nc(-c2ccc(N(C)C)cc2)c1N. The predicted octanol–water partition coefficient (Wildman–Crippen LogP) is 3.31. The molecule has 2 N–H and O–H groups in total. The van der Waals surface area contributed by atoms with Crippen LogP contribution in [0.4, 0.5) is 11.5 Å². The minimum atomic E-state index is 0.772. The maximum Gasteiger partial charge on any atom is 0.131 e. The van der Waals surface area contributed by atoms with Gasteiger partial charge in [-0.1, -0.05) is 25.5 Å². The van der Waals surface area contributed by atoms with Crippen molar-refractivity contribution >= 4 is 11.5 Å². The molecule has 0 aliphatic heterocycles. The maximum atomic E-state index is 6.26. The highest BCUT2D eigenvalue weighted by Gasteiger charge is 2.13. The van der Waals surface area contributed by atoms with E-state index in [1.165, 1.54) is 5.69 Å². The Bertz CT molecular complexity index is 567. The van der Waals surface area contributed by atoms with Crippen LogP contribution in [0, 0.1) is 6.92 Å². The van der Waals surface area contributed by atoms with E-state index >= 15 is 0 Å². The molecule has 2 rings (SSSR count). The molecule has 0 atom stereocenters. The van der Waals surface area contributed by atoms with Crippen molar-refractivity contribution in [2.24, 2.45) is 0 Å². The summed E-state index contributed by atoms with van der Waals surface area (Å²) >= 11 is 0. The summed E-state index contributed by atoms with van der Waals surface area (Å²) in [4.78, 5) is 6.71. The van der Waals surface area contributed by atoms with Gasteiger partial charge in [0.2, 0.25) is 0 Å². The van der Waals surface area contributed by atoms with Crippen LogP contribution in [0.1, 0.15) is 25.6 Å². The number of nitrogen functional groups attached to an aromatic ring is 1. The zero-order valence-electron chi connectivity index (χ0n) is 12.8. The largest absolute Gasteiger partial charge is 0.383 e. The van der Waals surface area contributed by atoms with Gasteiger partial charge in [0.25, 0.3) is 0 Å². The second-order valence-corrected chi connectivity index (χ2v) is 5.34. The highest BCUT2D eigenvalue weighted by molar-refractivity contribution is 5.72. The first-order chi connectivity index (χ1) is 9.54. The number of unbranched alkanes of at least 4 members (excludes halogenated alkanes) is 1. The number of aryl methyl sites for hydroxylation is 1. The van der Waals surface area contributed by atoms with Gasteiger partial charge in [0.05, 0.1) is 0 Å². The molecule has 1 aromatic carbocycles. The summed E-state index contributed by atoms with van der Waals surface area (Å²) in [5, 5.41) is 0. The minimum Gasteiger partial charge on any atom is -0.383 e. The standard InChI is InChI=1S/C16H24N4/c1-5-6-11-20-12(2)18-15(16(20)17)13-7-9-14(10-8-13)19(3)4/h7-10H,5-6,11,17H2,1-4H3. The summed E-state index contributed by atoms with van der Waals surface area (Å²) in [6.07, 6.45) is 2.28. The van der Waals surface area contributed by atoms with Gasteiger partial charge in [0.15, 0.2) is 0 Å². The van der Waals surface area contributed by atoms with E-state index in [0.717, 1.165) is 42.3 Å². The lowest BCUT2D eigenvalue weighted by atomic mass is 10.1. The summed E-state index contributed by atoms with van der Waals surface area (Å²) in [6.45, 7) is 5.14. The molecule has 20 heavy (non-hydrogen) atoms. The van der Waals surface area contributed by atoms with Gasteiger partial charge in [0.1, 0.15) is 17.3 Å². The van der Waals surface area contributed by atoms with Gasteiger partial charge < -0.3 is 15.2 Å². The van der Waals surface area contributed by atoms with Crippen molar-refractivity contribution in [1.29, 1.82) is 0 Å². The van der Waals surface area contributed by atoms with Crippen LogP contribution in [0.25, 0.3) is 11.3 Å². The Morgan fingerprint density at radius 2 is 1.85 bits per heavy atom. The Morgan fingerprint density at radius 3 is 2.40 bits per heavy atom. The molecule has 0 saturated heterocycles. The van der Waals surface area contributed by atoms with Crippen LogP contribution in [-0.4, -0.2) is 23.6 Å². The van der Waals surface area contributed by atoms with Gasteiger partial charge in [0, 0.05) is 31.9 Å². The van der Waals surface area contributed by atoms with Crippen LogP contribution in [0.3, 0.4) is 0 Å². The van der Waals surface area contributed by atoms with E-state index in [-0.39, 0.29) is 0 Å². The van der Waals surface area contributed by atoms with Gasteiger partial charge in [-0.3, -0.25) is 0 Å². The van der Waals surface area contributed by atoms with Gasteiger partial charge in [-0.25, -0.2) is 4.98 Å². The smallest absolute Gasteiger partial charge is 0.131 e. The van der Waals surface area contributed by atoms with E-state index in [0.29, 0.717) is 0 Å². The van der Waals surface area contributed by atoms with Crippen molar-refractivity contribution in [3.8, 4) is 11.3 Å². The fourth-order valence-electron chi connectivity index (χ4n) is 2.31. The number of aromatic nitrogens is 2. The van der Waals surface area contributed by atoms with Crippen molar-refractivity contribution in [2.45, 2.75) is 33.2 Å². The third-order valence-electron chi connectivity index (χ3n) is 3.59. The molecule has 0 bridgehead atoms. The average Bonchev–Trinajstić information content (AvgIpc) is 2.72. The van der Waals surface area contributed by atoms with E-state index in [1.807, 2.05) is 21.0 Å². The molecule has 0 spiro atoms. The molecule has 0 amide bonds. The second kappa shape index (κ2) is 5.99. The number of benzene rings is 1. The summed E-state index contributed by atoms with van der Waals surface area (Å²) in [6, 6.07) is 8.35. The van der Waals surface area contributed by atoms with Gasteiger partial charge in [-0.15, -0.1) is 0 Å². The van der Waals surface area contributed by atoms with Gasteiger partial charge in [-0.2, -0.15) is 0 Å². The molecule has 0 fully saturated rings. The summed E-state index contributed by atoms with van der Waals surface area (Å²) in [7, 11) is 4.07. The van der Waals surface area contributed by atoms with Crippen LogP contribution >= 0.6 is 0 Å². The number of nitrogens with zero attached hydrogens (tertiary/aromatic N) is 3. The lowest BCUT2D eigenvalue weighted by molar-refractivity contribution is 0.622. The maximum absolute atomic E-state index is 6.26. The number of hydrogen-bond acceptors (Lipinski definition) is 3. The van der Waals surface area contributed by atoms with Crippen LogP contribution < -0.4 is 10.6 Å². The summed E-state index contributed by atoms with van der Waals surface area (Å²) in [5.41, 5.74) is 9.41. The second-order valence-electron chi connectivity index (χ2n) is 5.34. The highest BCUT2D eigenvalue weighted by Crippen LogP contribution is 2.28. The Morgan fingerprint density at radius 1 is 1.20 bits per heavy atom. The van der Waals surface area contributed by atoms with E-state index < -0.39 is 0 Å². The van der Waals surface area contributed by atoms with Crippen LogP contribution in [-0.2, 0) is 6.54 Å². The molecule has 0 unspecified atom stereocenters. The number of rotatable bonds is 5. The van der Waals surface area contributed by atoms with Crippen LogP contribution in [0.15, 0.2) is 24.3 Å². The average molecular weight is 272 g/mol. The van der Waals surface area contributed by atoms with Crippen molar-refractivity contribution in [1.82, 2.24) is 9.55 Å². The minimum absolute atomic E-state index is 0.772. The molecule has 0 saturated carbocycles. The lowest BCUT2D eigenvalue weighted by Gasteiger charge is -2.12. The molecule has 0 radical (unpaired) electrons. The first-order valence-electron chi connectivity index (χ1n) is 7.15. The third kappa shape index (κ3) is 2.79. The van der Waals surface area contributed by atoms with E-state index in [2.05, 4.69) is 45.6 Å². The monoisotopic (exact) mass is 272 g/mol. The van der Waals surface area contributed by atoms with Crippen molar-refractivity contribution in [3.63, 3.8) is 0 Å². The van der Waals surface area contributed by atoms with E-state index in [1.54, 1.807) is 0 Å². The Hall–Kier alpha value is -1.97. The third-order valence-corrected chi connectivity index (χ3v) is 3.59. The molecule has 2 aromatic rings. The number of imidazole rings is 1.